The lowest BCUT2D eigenvalue weighted by Crippen LogP contribution is -2.45. The number of aliphatic hydroxyl groups is 1. The van der Waals surface area contributed by atoms with Crippen LogP contribution in [0.25, 0.3) is 0 Å². The van der Waals surface area contributed by atoms with Crippen molar-refractivity contribution in [3.05, 3.63) is 28.4 Å². The Morgan fingerprint density at radius 3 is 2.76 bits per heavy atom. The van der Waals surface area contributed by atoms with Crippen LogP contribution in [0.1, 0.15) is 20.3 Å². The Bertz CT molecular complexity index is 438. The highest BCUT2D eigenvalue weighted by Gasteiger charge is 2.28. The van der Waals surface area contributed by atoms with Crippen LogP contribution in [0.15, 0.2) is 18.3 Å². The number of rotatable bonds is 4. The zero-order chi connectivity index (χ0) is 15.8. The summed E-state index contributed by atoms with van der Waals surface area (Å²) in [6.07, 6.45) is 1.80. The summed E-state index contributed by atoms with van der Waals surface area (Å²) >= 11 is 0. The molecule has 21 heavy (non-hydrogen) atoms. The van der Waals surface area contributed by atoms with Crippen LogP contribution in [0.4, 0.5) is 11.5 Å². The van der Waals surface area contributed by atoms with E-state index >= 15 is 0 Å². The van der Waals surface area contributed by atoms with Gasteiger partial charge in [-0.2, -0.15) is 0 Å². The molecule has 0 spiro atoms. The van der Waals surface area contributed by atoms with Crippen LogP contribution in [0.3, 0.4) is 0 Å². The van der Waals surface area contributed by atoms with Gasteiger partial charge in [-0.25, -0.2) is 0 Å². The van der Waals surface area contributed by atoms with Crippen molar-refractivity contribution < 1.29 is 14.8 Å². The number of piperidine rings is 1. The Hall–Kier alpha value is -1.73. The molecule has 2 atom stereocenters. The molecule has 2 heterocycles. The predicted molar refractivity (Wildman–Crippen MR) is 80.4 cm³/mol. The number of hydrogen-bond donors (Lipinski definition) is 1. The number of nitrogens with zero attached hydrogens (tertiary/aromatic N) is 3. The lowest BCUT2D eigenvalue weighted by Gasteiger charge is -2.36. The third-order valence-corrected chi connectivity index (χ3v) is 3.36. The van der Waals surface area contributed by atoms with Crippen molar-refractivity contribution in [3.63, 3.8) is 0 Å². The Kier molecular flexibility index (Phi) is 7.04. The maximum atomic E-state index is 10.5. The number of anilines is 1. The number of ether oxygens (including phenoxy) is 1. The molecule has 2 rings (SSSR count). The van der Waals surface area contributed by atoms with E-state index in [2.05, 4.69) is 9.88 Å². The molecule has 1 aromatic heterocycles. The second-order valence-corrected chi connectivity index (χ2v) is 4.65. The van der Waals surface area contributed by atoms with Crippen molar-refractivity contribution in [1.82, 2.24) is 4.98 Å². The van der Waals surface area contributed by atoms with Gasteiger partial charge in [0.25, 0.3) is 0 Å². The molecule has 0 aromatic carbocycles. The maximum Gasteiger partial charge on any atom is 0.363 e. The first-order chi connectivity index (χ1) is 10.1. The first-order valence-electron chi connectivity index (χ1n) is 7.14. The lowest BCUT2D eigenvalue weighted by molar-refractivity contribution is -0.389. The largest absolute Gasteiger partial charge is 0.393 e. The van der Waals surface area contributed by atoms with Gasteiger partial charge in [0.1, 0.15) is 0 Å². The normalized spacial score (nSPS) is 21.4. The molecule has 1 aromatic rings. The molecule has 1 fully saturated rings. The first-order valence-corrected chi connectivity index (χ1v) is 7.14. The Morgan fingerprint density at radius 2 is 2.24 bits per heavy atom. The van der Waals surface area contributed by atoms with Gasteiger partial charge in [-0.15, -0.1) is 0 Å². The molecule has 0 bridgehead atoms. The monoisotopic (exact) mass is 297 g/mol. The molecule has 7 nitrogen and oxygen atoms in total. The smallest absolute Gasteiger partial charge is 0.363 e. The van der Waals surface area contributed by atoms with Crippen molar-refractivity contribution in [2.75, 3.05) is 31.7 Å². The van der Waals surface area contributed by atoms with E-state index in [0.717, 1.165) is 5.69 Å². The average Bonchev–Trinajstić information content (AvgIpc) is 2.52. The number of hydrogen-bond acceptors (Lipinski definition) is 6. The first kappa shape index (κ1) is 17.3. The molecule has 1 aliphatic rings. The Balaban J connectivity index is 0.00000106. The summed E-state index contributed by atoms with van der Waals surface area (Å²) in [7, 11) is 1.61. The summed E-state index contributed by atoms with van der Waals surface area (Å²) in [4.78, 5) is 15.9. The van der Waals surface area contributed by atoms with Crippen molar-refractivity contribution in [1.29, 1.82) is 0 Å². The van der Waals surface area contributed by atoms with E-state index in [1.807, 2.05) is 13.8 Å². The van der Waals surface area contributed by atoms with Gasteiger partial charge < -0.3 is 24.9 Å². The van der Waals surface area contributed by atoms with Gasteiger partial charge in [0.15, 0.2) is 6.20 Å². The molecule has 2 unspecified atom stereocenters. The fraction of sp³-hybridized carbons (Fsp3) is 0.643. The van der Waals surface area contributed by atoms with Crippen LogP contribution in [-0.4, -0.2) is 47.9 Å². The summed E-state index contributed by atoms with van der Waals surface area (Å²) in [5.41, 5.74) is 0.832. The highest BCUT2D eigenvalue weighted by atomic mass is 16.6. The molecule has 0 amide bonds. The zero-order valence-electron chi connectivity index (χ0n) is 12.7. The fourth-order valence-electron chi connectivity index (χ4n) is 2.31. The zero-order valence-corrected chi connectivity index (χ0v) is 12.7. The van der Waals surface area contributed by atoms with Crippen molar-refractivity contribution in [3.8, 4) is 0 Å². The molecule has 0 saturated carbocycles. The SMILES string of the molecule is CC.COCC1CN(c2ccc([N+](=O)[O-])nc2)CCC1O. The Labute approximate surface area is 124 Å². The van der Waals surface area contributed by atoms with Crippen LogP contribution >= 0.6 is 0 Å². The van der Waals surface area contributed by atoms with Gasteiger partial charge in [0.2, 0.25) is 0 Å². The molecule has 0 aliphatic carbocycles. The topological polar surface area (TPSA) is 88.7 Å². The molecular weight excluding hydrogens is 274 g/mol. The third kappa shape index (κ3) is 4.64. The van der Waals surface area contributed by atoms with Crippen LogP contribution in [0.2, 0.25) is 0 Å². The second-order valence-electron chi connectivity index (χ2n) is 4.65. The molecule has 7 heteroatoms. The van der Waals surface area contributed by atoms with Crippen molar-refractivity contribution >= 4 is 11.5 Å². The average molecular weight is 297 g/mol. The van der Waals surface area contributed by atoms with Gasteiger partial charge >= 0.3 is 5.82 Å². The van der Waals surface area contributed by atoms with Crippen LogP contribution in [-0.2, 0) is 4.74 Å². The van der Waals surface area contributed by atoms with Gasteiger partial charge in [0, 0.05) is 32.2 Å². The van der Waals surface area contributed by atoms with Crippen LogP contribution < -0.4 is 4.90 Å². The van der Waals surface area contributed by atoms with E-state index in [4.69, 9.17) is 4.74 Å². The molecule has 1 saturated heterocycles. The molecule has 1 aliphatic heterocycles. The number of aliphatic hydroxyl groups excluding tert-OH is 1. The minimum absolute atomic E-state index is 0.0499. The van der Waals surface area contributed by atoms with E-state index in [9.17, 15) is 15.2 Å². The summed E-state index contributed by atoms with van der Waals surface area (Å²) in [6, 6.07) is 3.08. The summed E-state index contributed by atoms with van der Waals surface area (Å²) in [5.74, 6) is -0.108. The summed E-state index contributed by atoms with van der Waals surface area (Å²) < 4.78 is 5.09. The minimum atomic E-state index is -0.516. The van der Waals surface area contributed by atoms with Crippen molar-refractivity contribution in [2.45, 2.75) is 26.4 Å². The van der Waals surface area contributed by atoms with E-state index in [1.54, 1.807) is 13.2 Å². The van der Waals surface area contributed by atoms with Gasteiger partial charge in [-0.05, 0) is 22.4 Å². The molecule has 118 valence electrons. The highest BCUT2D eigenvalue weighted by molar-refractivity contribution is 5.47. The number of aromatic nitrogens is 1. The predicted octanol–water partition coefficient (Wildman–Crippen LogP) is 1.85. The quantitative estimate of drug-likeness (QED) is 0.674. The van der Waals surface area contributed by atoms with Crippen molar-refractivity contribution in [2.24, 2.45) is 5.92 Å². The van der Waals surface area contributed by atoms with E-state index in [-0.39, 0.29) is 17.8 Å². The van der Waals surface area contributed by atoms with E-state index < -0.39 is 4.92 Å². The maximum absolute atomic E-state index is 10.5. The standard InChI is InChI=1S/C12H17N3O4.C2H6/c1-19-8-9-7-14(5-4-11(9)16)10-2-3-12(13-6-10)15(17)18;1-2/h2-3,6,9,11,16H,4-5,7-8H2,1H3;1-2H3. The van der Waals surface area contributed by atoms with E-state index in [0.29, 0.717) is 26.1 Å². The fourth-order valence-corrected chi connectivity index (χ4v) is 2.31. The molecule has 1 N–H and O–H groups in total. The summed E-state index contributed by atoms with van der Waals surface area (Å²) in [6.45, 7) is 5.87. The Morgan fingerprint density at radius 1 is 1.52 bits per heavy atom. The minimum Gasteiger partial charge on any atom is -0.393 e. The van der Waals surface area contributed by atoms with Crippen LogP contribution in [0.5, 0.6) is 0 Å². The van der Waals surface area contributed by atoms with Gasteiger partial charge in [-0.3, -0.25) is 0 Å². The summed E-state index contributed by atoms with van der Waals surface area (Å²) in [5, 5.41) is 20.4. The second kappa shape index (κ2) is 8.53. The van der Waals surface area contributed by atoms with Crippen LogP contribution in [0, 0.1) is 16.0 Å². The van der Waals surface area contributed by atoms with Gasteiger partial charge in [-0.1, -0.05) is 13.8 Å². The number of methoxy groups -OCH3 is 1. The molecular formula is C14H23N3O4. The third-order valence-electron chi connectivity index (χ3n) is 3.36. The lowest BCUT2D eigenvalue weighted by atomic mass is 9.95. The number of pyridine rings is 1. The molecule has 0 radical (unpaired) electrons. The number of nitro groups is 1. The van der Waals surface area contributed by atoms with Gasteiger partial charge in [0.05, 0.1) is 18.4 Å². The highest BCUT2D eigenvalue weighted by Crippen LogP contribution is 2.24. The van der Waals surface area contributed by atoms with E-state index in [1.165, 1.54) is 12.3 Å².